The van der Waals surface area contributed by atoms with Gasteiger partial charge in [-0.2, -0.15) is 0 Å². The summed E-state index contributed by atoms with van der Waals surface area (Å²) < 4.78 is 25.9. The van der Waals surface area contributed by atoms with Crippen LogP contribution in [0.15, 0.2) is 54.6 Å². The number of rotatable bonds is 10. The highest BCUT2D eigenvalue weighted by Gasteiger charge is 2.30. The molecule has 0 unspecified atom stereocenters. The quantitative estimate of drug-likeness (QED) is 0.566. The summed E-state index contributed by atoms with van der Waals surface area (Å²) in [6.07, 6.45) is 1.04. The Balaban J connectivity index is 2.32. The molecule has 1 atom stereocenters. The third-order valence-electron chi connectivity index (χ3n) is 4.84. The number of hydrogen-bond donors (Lipinski definition) is 1. The molecular formula is C23H30ClN3O4S. The number of amides is 2. The van der Waals surface area contributed by atoms with Crippen molar-refractivity contribution in [3.63, 3.8) is 0 Å². The van der Waals surface area contributed by atoms with Crippen molar-refractivity contribution < 1.29 is 18.0 Å². The lowest BCUT2D eigenvalue weighted by Gasteiger charge is -2.31. The number of benzene rings is 2. The van der Waals surface area contributed by atoms with Crippen LogP contribution in [-0.4, -0.2) is 50.5 Å². The predicted molar refractivity (Wildman–Crippen MR) is 128 cm³/mol. The van der Waals surface area contributed by atoms with Crippen LogP contribution in [0.4, 0.5) is 5.69 Å². The van der Waals surface area contributed by atoms with Gasteiger partial charge in [0.2, 0.25) is 21.8 Å². The zero-order valence-electron chi connectivity index (χ0n) is 18.8. The van der Waals surface area contributed by atoms with Gasteiger partial charge in [-0.3, -0.25) is 13.9 Å². The average molecular weight is 480 g/mol. The van der Waals surface area contributed by atoms with Crippen molar-refractivity contribution >= 4 is 39.1 Å². The number of nitrogens with one attached hydrogen (secondary N) is 1. The molecule has 0 spiro atoms. The first-order valence-electron chi connectivity index (χ1n) is 10.3. The first-order valence-corrected chi connectivity index (χ1v) is 12.6. The van der Waals surface area contributed by atoms with Crippen LogP contribution < -0.4 is 9.62 Å². The van der Waals surface area contributed by atoms with Crippen LogP contribution >= 0.6 is 11.6 Å². The first-order chi connectivity index (χ1) is 15.0. The van der Waals surface area contributed by atoms with Crippen molar-refractivity contribution in [1.29, 1.82) is 0 Å². The molecule has 0 aliphatic carbocycles. The lowest BCUT2D eigenvalue weighted by atomic mass is 10.1. The minimum absolute atomic E-state index is 0.175. The topological polar surface area (TPSA) is 86.8 Å². The second kappa shape index (κ2) is 11.3. The van der Waals surface area contributed by atoms with E-state index in [4.69, 9.17) is 11.6 Å². The van der Waals surface area contributed by atoms with Crippen molar-refractivity contribution in [2.45, 2.75) is 33.4 Å². The molecule has 2 aromatic rings. The van der Waals surface area contributed by atoms with Gasteiger partial charge in [0.05, 0.1) is 11.9 Å². The van der Waals surface area contributed by atoms with Crippen LogP contribution in [0.3, 0.4) is 0 Å². The fourth-order valence-corrected chi connectivity index (χ4v) is 4.01. The van der Waals surface area contributed by atoms with E-state index in [9.17, 15) is 18.0 Å². The Kier molecular flexibility index (Phi) is 9.09. The summed E-state index contributed by atoms with van der Waals surface area (Å²) in [4.78, 5) is 27.5. The monoisotopic (exact) mass is 479 g/mol. The molecule has 2 aromatic carbocycles. The third kappa shape index (κ3) is 7.53. The fourth-order valence-electron chi connectivity index (χ4n) is 3.04. The Hall–Kier alpha value is -2.58. The molecule has 2 rings (SSSR count). The van der Waals surface area contributed by atoms with Gasteiger partial charge in [-0.25, -0.2) is 8.42 Å². The highest BCUT2D eigenvalue weighted by Crippen LogP contribution is 2.21. The summed E-state index contributed by atoms with van der Waals surface area (Å²) >= 11 is 5.92. The molecule has 2 amide bonds. The van der Waals surface area contributed by atoms with Crippen LogP contribution in [0.2, 0.25) is 5.02 Å². The maximum atomic E-state index is 13.3. The van der Waals surface area contributed by atoms with Crippen LogP contribution in [-0.2, 0) is 26.2 Å². The normalized spacial score (nSPS) is 12.3. The Morgan fingerprint density at radius 1 is 1.00 bits per heavy atom. The summed E-state index contributed by atoms with van der Waals surface area (Å²) in [5, 5.41) is 3.30. The van der Waals surface area contributed by atoms with Crippen LogP contribution in [0.25, 0.3) is 0 Å². The highest BCUT2D eigenvalue weighted by molar-refractivity contribution is 7.92. The Morgan fingerprint density at radius 3 is 2.12 bits per heavy atom. The fraction of sp³-hybridized carbons (Fsp3) is 0.391. The maximum absolute atomic E-state index is 13.3. The Morgan fingerprint density at radius 2 is 1.59 bits per heavy atom. The molecule has 0 heterocycles. The van der Waals surface area contributed by atoms with E-state index in [2.05, 4.69) is 5.32 Å². The molecule has 32 heavy (non-hydrogen) atoms. The predicted octanol–water partition coefficient (Wildman–Crippen LogP) is 3.30. The van der Waals surface area contributed by atoms with Crippen molar-refractivity contribution in [3.8, 4) is 0 Å². The standard InChI is InChI=1S/C23H30ClN3O4S/c1-17(2)14-25-23(29)18(3)26(15-19-8-6-5-7-9-19)22(28)16-27(32(4,30)31)21-12-10-20(24)11-13-21/h5-13,17-18H,14-16H2,1-4H3,(H,25,29)/t18-/m1/s1. The van der Waals surface area contributed by atoms with Gasteiger partial charge < -0.3 is 10.2 Å². The summed E-state index contributed by atoms with van der Waals surface area (Å²) in [5.74, 6) is -0.517. The number of hydrogen-bond acceptors (Lipinski definition) is 4. The molecule has 0 radical (unpaired) electrons. The van der Waals surface area contributed by atoms with E-state index in [-0.39, 0.29) is 18.4 Å². The van der Waals surface area contributed by atoms with Crippen molar-refractivity contribution in [2.24, 2.45) is 5.92 Å². The second-order valence-corrected chi connectivity index (χ2v) is 10.4. The van der Waals surface area contributed by atoms with E-state index in [1.54, 1.807) is 19.1 Å². The summed E-state index contributed by atoms with van der Waals surface area (Å²) in [5.41, 5.74) is 1.16. The molecule has 0 saturated heterocycles. The van der Waals surface area contributed by atoms with Crippen LogP contribution in [0, 0.1) is 5.92 Å². The molecule has 0 saturated carbocycles. The van der Waals surface area contributed by atoms with E-state index in [0.29, 0.717) is 17.3 Å². The van der Waals surface area contributed by atoms with Crippen LogP contribution in [0.5, 0.6) is 0 Å². The van der Waals surface area contributed by atoms with Crippen molar-refractivity contribution in [3.05, 3.63) is 65.2 Å². The lowest BCUT2D eigenvalue weighted by molar-refractivity contribution is -0.139. The van der Waals surface area contributed by atoms with Crippen molar-refractivity contribution in [1.82, 2.24) is 10.2 Å². The number of carbonyl (C=O) groups excluding carboxylic acids is 2. The van der Waals surface area contributed by atoms with Gasteiger partial charge in [0, 0.05) is 18.1 Å². The third-order valence-corrected chi connectivity index (χ3v) is 6.23. The van der Waals surface area contributed by atoms with Crippen molar-refractivity contribution in [2.75, 3.05) is 23.7 Å². The highest BCUT2D eigenvalue weighted by atomic mass is 35.5. The van der Waals surface area contributed by atoms with E-state index in [1.165, 1.54) is 17.0 Å². The average Bonchev–Trinajstić information content (AvgIpc) is 2.74. The van der Waals surface area contributed by atoms with Gasteiger partial charge in [0.15, 0.2) is 0 Å². The van der Waals surface area contributed by atoms with Gasteiger partial charge in [-0.1, -0.05) is 55.8 Å². The Bertz CT molecular complexity index is 1010. The summed E-state index contributed by atoms with van der Waals surface area (Å²) in [7, 11) is -3.76. The van der Waals surface area contributed by atoms with E-state index >= 15 is 0 Å². The molecule has 0 fully saturated rings. The second-order valence-electron chi connectivity index (χ2n) is 8.07. The Labute approximate surface area is 195 Å². The largest absolute Gasteiger partial charge is 0.354 e. The SMILES string of the molecule is CC(C)CNC(=O)[C@@H](C)N(Cc1ccccc1)C(=O)CN(c1ccc(Cl)cc1)S(C)(=O)=O. The molecule has 0 aliphatic rings. The number of carbonyl (C=O) groups is 2. The van der Waals surface area contributed by atoms with Crippen LogP contribution in [0.1, 0.15) is 26.3 Å². The number of nitrogens with zero attached hydrogens (tertiary/aromatic N) is 2. The molecular weight excluding hydrogens is 450 g/mol. The van der Waals surface area contributed by atoms with E-state index in [0.717, 1.165) is 16.1 Å². The molecule has 9 heteroatoms. The van der Waals surface area contributed by atoms with Gasteiger partial charge in [-0.15, -0.1) is 0 Å². The molecule has 7 nitrogen and oxygen atoms in total. The first kappa shape index (κ1) is 25.7. The smallest absolute Gasteiger partial charge is 0.244 e. The number of anilines is 1. The number of sulfonamides is 1. The van der Waals surface area contributed by atoms with Gasteiger partial charge >= 0.3 is 0 Å². The minimum Gasteiger partial charge on any atom is -0.354 e. The summed E-state index contributed by atoms with van der Waals surface area (Å²) in [6.45, 7) is 5.82. The molecule has 1 N–H and O–H groups in total. The molecule has 0 aromatic heterocycles. The van der Waals surface area contributed by atoms with Gasteiger partial charge in [0.1, 0.15) is 12.6 Å². The zero-order chi connectivity index (χ0) is 23.9. The minimum atomic E-state index is -3.76. The van der Waals surface area contributed by atoms with E-state index < -0.39 is 28.5 Å². The van der Waals surface area contributed by atoms with E-state index in [1.807, 2.05) is 44.2 Å². The molecule has 0 bridgehead atoms. The zero-order valence-corrected chi connectivity index (χ0v) is 20.4. The summed E-state index contributed by atoms with van der Waals surface area (Å²) in [6, 6.07) is 14.7. The molecule has 0 aliphatic heterocycles. The molecule has 174 valence electrons. The van der Waals surface area contributed by atoms with Gasteiger partial charge in [-0.05, 0) is 42.7 Å². The number of halogens is 1. The maximum Gasteiger partial charge on any atom is 0.244 e. The van der Waals surface area contributed by atoms with Gasteiger partial charge in [0.25, 0.3) is 0 Å². The lowest BCUT2D eigenvalue weighted by Crippen LogP contribution is -2.51.